The summed E-state index contributed by atoms with van der Waals surface area (Å²) in [4.78, 5) is 15.9. The summed E-state index contributed by atoms with van der Waals surface area (Å²) in [6.45, 7) is 8.84. The van der Waals surface area contributed by atoms with Crippen LogP contribution in [0.15, 0.2) is 0 Å². The molecule has 0 bridgehead atoms. The Labute approximate surface area is 209 Å². The summed E-state index contributed by atoms with van der Waals surface area (Å²) in [5, 5.41) is 20.5. The zero-order chi connectivity index (χ0) is 24.5. The highest BCUT2D eigenvalue weighted by Crippen LogP contribution is 2.66. The zero-order valence-corrected chi connectivity index (χ0v) is 22.5. The van der Waals surface area contributed by atoms with Gasteiger partial charge in [-0.3, -0.25) is 9.69 Å². The first-order chi connectivity index (χ1) is 16.3. The van der Waals surface area contributed by atoms with Crippen LogP contribution in [0.5, 0.6) is 0 Å². The maximum atomic E-state index is 13.6. The number of rotatable bonds is 9. The lowest BCUT2D eigenvalue weighted by Crippen LogP contribution is -2.55. The Morgan fingerprint density at radius 1 is 1.03 bits per heavy atom. The van der Waals surface area contributed by atoms with Crippen LogP contribution in [0.4, 0.5) is 0 Å². The van der Waals surface area contributed by atoms with E-state index in [1.165, 1.54) is 6.42 Å². The third-order valence-electron chi connectivity index (χ3n) is 10.8. The zero-order valence-electron chi connectivity index (χ0n) is 21.7. The number of carbonyl (C=O) groups is 1. The van der Waals surface area contributed by atoms with Gasteiger partial charge in [0.05, 0.1) is 17.5 Å². The fourth-order valence-electron chi connectivity index (χ4n) is 9.16. The highest BCUT2D eigenvalue weighted by Gasteiger charge is 2.61. The van der Waals surface area contributed by atoms with Crippen LogP contribution in [0.25, 0.3) is 0 Å². The molecule has 4 rings (SSSR count). The average Bonchev–Trinajstić information content (AvgIpc) is 3.18. The first kappa shape index (κ1) is 26.7. The fourth-order valence-corrected chi connectivity index (χ4v) is 9.84. The van der Waals surface area contributed by atoms with Crippen LogP contribution < -0.4 is 0 Å². The summed E-state index contributed by atoms with van der Waals surface area (Å²) in [5.41, 5.74) is 0.0328. The van der Waals surface area contributed by atoms with Gasteiger partial charge in [0.2, 0.25) is 0 Å². The number of hydrogen-bond donors (Lipinski definition) is 2. The molecule has 1 aliphatic heterocycles. The van der Waals surface area contributed by atoms with Gasteiger partial charge in [-0.05, 0) is 85.9 Å². The van der Waals surface area contributed by atoms with Crippen molar-refractivity contribution in [2.75, 3.05) is 52.2 Å². The van der Waals surface area contributed by atoms with Gasteiger partial charge < -0.3 is 10.2 Å². The van der Waals surface area contributed by atoms with Gasteiger partial charge in [0, 0.05) is 51.6 Å². The van der Waals surface area contributed by atoms with E-state index in [9.17, 15) is 19.2 Å². The van der Waals surface area contributed by atoms with Crippen molar-refractivity contribution in [2.45, 2.75) is 71.6 Å². The van der Waals surface area contributed by atoms with Crippen LogP contribution in [0.2, 0.25) is 0 Å². The molecule has 196 valence electrons. The fraction of sp³-hybridized carbons (Fsp3) is 0.963. The lowest BCUT2D eigenvalue weighted by molar-refractivity contribution is -0.143. The van der Waals surface area contributed by atoms with Gasteiger partial charge in [-0.15, -0.1) is 0 Å². The molecular weight excluding hydrogens is 448 g/mol. The molecular formula is C27H48N2O4S. The van der Waals surface area contributed by atoms with E-state index >= 15 is 0 Å². The lowest BCUT2D eigenvalue weighted by atomic mass is 9.45. The molecule has 0 radical (unpaired) electrons. The lowest BCUT2D eigenvalue weighted by Gasteiger charge is -2.59. The minimum atomic E-state index is -0.921. The van der Waals surface area contributed by atoms with Crippen LogP contribution in [-0.4, -0.2) is 81.6 Å². The third-order valence-corrected chi connectivity index (χ3v) is 11.9. The van der Waals surface area contributed by atoms with E-state index in [2.05, 4.69) is 18.7 Å². The Hall–Kier alpha value is -0.340. The number of ketones is 1. The Balaban J connectivity index is 1.46. The Bertz CT molecular complexity index is 742. The van der Waals surface area contributed by atoms with Crippen LogP contribution in [-0.2, 0) is 15.8 Å². The predicted molar refractivity (Wildman–Crippen MR) is 136 cm³/mol. The minimum absolute atomic E-state index is 0.0527. The predicted octanol–water partition coefficient (Wildman–Crippen LogP) is 3.10. The normalized spacial score (nSPS) is 42.2. The number of Topliss-reactive ketones (excluding diaryl/α,β-unsaturated/α-hetero) is 1. The molecule has 8 atom stereocenters. The van der Waals surface area contributed by atoms with Crippen molar-refractivity contribution >= 4 is 16.8 Å². The second kappa shape index (κ2) is 11.0. The summed E-state index contributed by atoms with van der Waals surface area (Å²) in [7, 11) is -0.921. The molecule has 2 N–H and O–H groups in total. The van der Waals surface area contributed by atoms with Gasteiger partial charge in [-0.2, -0.15) is 0 Å². The molecule has 6 nitrogen and oxygen atoms in total. The van der Waals surface area contributed by atoms with Gasteiger partial charge in [-0.1, -0.05) is 20.3 Å². The molecule has 0 aromatic carbocycles. The summed E-state index contributed by atoms with van der Waals surface area (Å²) in [5.74, 6) is 2.71. The maximum Gasteiger partial charge on any atom is 0.150 e. The van der Waals surface area contributed by atoms with Crippen molar-refractivity contribution < 1.29 is 19.2 Å². The first-order valence-electron chi connectivity index (χ1n) is 13.9. The number of piperazine rings is 1. The minimum Gasteiger partial charge on any atom is -0.396 e. The largest absolute Gasteiger partial charge is 0.396 e. The molecule has 0 aromatic heterocycles. The van der Waals surface area contributed by atoms with Gasteiger partial charge in [0.1, 0.15) is 5.78 Å². The standard InChI is InChI=1S/C27H48N2O4S/c1-4-11-27(19-31)20(10-17-30)5-6-21-22-7-8-24(26(22,2)12-9-23(21)27)25(32)18-28-13-15-29(16-14-28)34(3)33/h20-24,30-31H,4-19H2,1-3H3. The molecule has 1 saturated heterocycles. The summed E-state index contributed by atoms with van der Waals surface area (Å²) < 4.78 is 13.7. The van der Waals surface area contributed by atoms with Crippen molar-refractivity contribution in [1.82, 2.24) is 9.21 Å². The van der Waals surface area contributed by atoms with E-state index in [0.29, 0.717) is 36.0 Å². The molecule has 34 heavy (non-hydrogen) atoms. The van der Waals surface area contributed by atoms with Crippen LogP contribution >= 0.6 is 0 Å². The van der Waals surface area contributed by atoms with Crippen molar-refractivity contribution in [3.05, 3.63) is 0 Å². The molecule has 3 saturated carbocycles. The van der Waals surface area contributed by atoms with Crippen molar-refractivity contribution in [3.8, 4) is 0 Å². The molecule has 7 heteroatoms. The summed E-state index contributed by atoms with van der Waals surface area (Å²) >= 11 is 0. The van der Waals surface area contributed by atoms with Crippen molar-refractivity contribution in [1.29, 1.82) is 0 Å². The van der Waals surface area contributed by atoms with Crippen LogP contribution in [0.1, 0.15) is 71.6 Å². The Morgan fingerprint density at radius 2 is 1.76 bits per heavy atom. The van der Waals surface area contributed by atoms with Crippen LogP contribution in [0, 0.1) is 40.4 Å². The Morgan fingerprint density at radius 3 is 2.38 bits per heavy atom. The highest BCUT2D eigenvalue weighted by molar-refractivity contribution is 7.81. The van der Waals surface area contributed by atoms with Crippen LogP contribution in [0.3, 0.4) is 0 Å². The number of nitrogens with zero attached hydrogens (tertiary/aromatic N) is 2. The highest BCUT2D eigenvalue weighted by atomic mass is 32.2. The van der Waals surface area contributed by atoms with E-state index in [0.717, 1.165) is 77.5 Å². The molecule has 3 aliphatic carbocycles. The smallest absolute Gasteiger partial charge is 0.150 e. The quantitative estimate of drug-likeness (QED) is 0.513. The number of fused-ring (bicyclic) bond motifs is 3. The number of aliphatic hydroxyl groups excluding tert-OH is 2. The third kappa shape index (κ3) is 4.69. The second-order valence-electron chi connectivity index (χ2n) is 12.1. The molecule has 0 aromatic rings. The van der Waals surface area contributed by atoms with E-state index in [1.54, 1.807) is 6.26 Å². The number of hydrogen-bond acceptors (Lipinski definition) is 5. The average molecular weight is 497 g/mol. The molecule has 4 aliphatic rings. The SMILES string of the molecule is CCCC1(CO)C(CCO)CCC2C3CCC(C(=O)CN4CCN(S(C)=O)CC4)C3(C)CCC21. The molecule has 0 spiro atoms. The maximum absolute atomic E-state index is 13.6. The Kier molecular flexibility index (Phi) is 8.61. The van der Waals surface area contributed by atoms with E-state index in [4.69, 9.17) is 0 Å². The van der Waals surface area contributed by atoms with E-state index < -0.39 is 11.0 Å². The molecule has 0 amide bonds. The van der Waals surface area contributed by atoms with Gasteiger partial charge in [0.15, 0.2) is 0 Å². The van der Waals surface area contributed by atoms with E-state index in [-0.39, 0.29) is 30.0 Å². The molecule has 4 fully saturated rings. The van der Waals surface area contributed by atoms with Crippen molar-refractivity contribution in [2.24, 2.45) is 40.4 Å². The van der Waals surface area contributed by atoms with Crippen molar-refractivity contribution in [3.63, 3.8) is 0 Å². The molecule has 1 heterocycles. The summed E-state index contributed by atoms with van der Waals surface area (Å²) in [6, 6.07) is 0. The number of aliphatic hydroxyl groups is 2. The van der Waals surface area contributed by atoms with E-state index in [1.807, 2.05) is 4.31 Å². The second-order valence-corrected chi connectivity index (χ2v) is 13.4. The monoisotopic (exact) mass is 496 g/mol. The number of carbonyl (C=O) groups excluding carboxylic acids is 1. The topological polar surface area (TPSA) is 81.1 Å². The molecule has 8 unspecified atom stereocenters. The summed E-state index contributed by atoms with van der Waals surface area (Å²) in [6.07, 6.45) is 11.3. The van der Waals surface area contributed by atoms with Gasteiger partial charge in [0.25, 0.3) is 0 Å². The van der Waals surface area contributed by atoms with Gasteiger partial charge in [-0.25, -0.2) is 8.51 Å². The van der Waals surface area contributed by atoms with Gasteiger partial charge >= 0.3 is 0 Å². The first-order valence-corrected chi connectivity index (χ1v) is 15.4.